The largest absolute Gasteiger partial charge is 0.340 e. The Morgan fingerprint density at radius 1 is 1.23 bits per heavy atom. The van der Waals surface area contributed by atoms with Crippen LogP contribution in [0.2, 0.25) is 5.02 Å². The van der Waals surface area contributed by atoms with Gasteiger partial charge in [-0.25, -0.2) is 4.52 Å². The number of fused-ring (bicyclic) bond motifs is 1. The molecule has 0 aliphatic carbocycles. The van der Waals surface area contributed by atoms with Crippen molar-refractivity contribution in [1.82, 2.24) is 14.5 Å². The van der Waals surface area contributed by atoms with Crippen LogP contribution >= 0.6 is 11.6 Å². The molecule has 0 saturated carbocycles. The van der Waals surface area contributed by atoms with Crippen molar-refractivity contribution >= 4 is 23.0 Å². The number of rotatable bonds is 4. The molecule has 4 nitrogen and oxygen atoms in total. The van der Waals surface area contributed by atoms with E-state index in [1.165, 1.54) is 5.56 Å². The second-order valence-corrected chi connectivity index (χ2v) is 5.65. The van der Waals surface area contributed by atoms with Crippen molar-refractivity contribution in [2.24, 2.45) is 0 Å². The fourth-order valence-corrected chi connectivity index (χ4v) is 2.46. The van der Waals surface area contributed by atoms with Gasteiger partial charge in [0, 0.05) is 19.8 Å². The van der Waals surface area contributed by atoms with E-state index in [1.54, 1.807) is 34.8 Å². The van der Waals surface area contributed by atoms with Gasteiger partial charge >= 0.3 is 0 Å². The number of hydrogen-bond donors (Lipinski definition) is 0. The molecular weight excluding hydrogens is 298 g/mol. The maximum absolute atomic E-state index is 12.4. The summed E-state index contributed by atoms with van der Waals surface area (Å²) in [5.41, 5.74) is 2.49. The predicted molar refractivity (Wildman–Crippen MR) is 87.3 cm³/mol. The number of pyridine rings is 1. The summed E-state index contributed by atoms with van der Waals surface area (Å²) in [6.45, 7) is 0.650. The van der Waals surface area contributed by atoms with E-state index < -0.39 is 0 Å². The van der Waals surface area contributed by atoms with Crippen molar-refractivity contribution in [3.05, 3.63) is 71.0 Å². The quantitative estimate of drug-likeness (QED) is 0.741. The number of carbonyl (C=O) groups is 1. The molecule has 0 aliphatic rings. The summed E-state index contributed by atoms with van der Waals surface area (Å²) in [6.07, 6.45) is 2.51. The van der Waals surface area contributed by atoms with Gasteiger partial charge < -0.3 is 4.90 Å². The lowest BCUT2D eigenvalue weighted by Gasteiger charge is -2.15. The third-order valence-electron chi connectivity index (χ3n) is 3.57. The Kier molecular flexibility index (Phi) is 4.11. The van der Waals surface area contributed by atoms with E-state index in [0.29, 0.717) is 17.3 Å². The molecule has 0 fully saturated rings. The molecule has 0 unspecified atom stereocenters. The smallest absolute Gasteiger partial charge is 0.274 e. The number of amides is 1. The van der Waals surface area contributed by atoms with E-state index in [1.807, 2.05) is 24.3 Å². The molecule has 5 heteroatoms. The number of halogens is 1. The van der Waals surface area contributed by atoms with E-state index in [0.717, 1.165) is 11.9 Å². The Bertz CT molecular complexity index is 798. The first-order valence-electron chi connectivity index (χ1n) is 7.08. The maximum Gasteiger partial charge on any atom is 0.274 e. The lowest BCUT2D eigenvalue weighted by molar-refractivity contribution is 0.0790. The molecule has 1 amide bonds. The minimum atomic E-state index is -0.0873. The van der Waals surface area contributed by atoms with Gasteiger partial charge in [0.2, 0.25) is 0 Å². The fraction of sp³-hybridized carbons (Fsp3) is 0.176. The van der Waals surface area contributed by atoms with Crippen LogP contribution in [-0.2, 0) is 6.42 Å². The lowest BCUT2D eigenvalue weighted by atomic mass is 10.1. The molecule has 0 spiro atoms. The zero-order valence-electron chi connectivity index (χ0n) is 12.2. The second-order valence-electron chi connectivity index (χ2n) is 5.21. The van der Waals surface area contributed by atoms with Crippen LogP contribution in [0.3, 0.4) is 0 Å². The third kappa shape index (κ3) is 3.12. The summed E-state index contributed by atoms with van der Waals surface area (Å²) < 4.78 is 1.63. The van der Waals surface area contributed by atoms with Crippen molar-refractivity contribution in [2.75, 3.05) is 13.6 Å². The van der Waals surface area contributed by atoms with E-state index >= 15 is 0 Å². The Morgan fingerprint density at radius 2 is 2.00 bits per heavy atom. The minimum absolute atomic E-state index is 0.0873. The molecule has 112 valence electrons. The molecule has 3 aromatic rings. The minimum Gasteiger partial charge on any atom is -0.340 e. The molecule has 3 rings (SSSR count). The van der Waals surface area contributed by atoms with Crippen LogP contribution < -0.4 is 0 Å². The SMILES string of the molecule is CN(CCc1ccccc1)C(=O)c1cc2ccc(Cl)cn2n1. The van der Waals surface area contributed by atoms with Crippen LogP contribution in [0.15, 0.2) is 54.7 Å². The second kappa shape index (κ2) is 6.20. The molecule has 2 aromatic heterocycles. The van der Waals surface area contributed by atoms with Crippen LogP contribution in [0, 0.1) is 0 Å². The van der Waals surface area contributed by atoms with Gasteiger partial charge in [0.1, 0.15) is 0 Å². The van der Waals surface area contributed by atoms with Crippen LogP contribution in [0.1, 0.15) is 16.1 Å². The number of aromatic nitrogens is 2. The summed E-state index contributed by atoms with van der Waals surface area (Å²) in [7, 11) is 1.79. The zero-order chi connectivity index (χ0) is 15.5. The number of carbonyl (C=O) groups excluding carboxylic acids is 1. The first-order chi connectivity index (χ1) is 10.6. The van der Waals surface area contributed by atoms with E-state index in [-0.39, 0.29) is 5.91 Å². The maximum atomic E-state index is 12.4. The monoisotopic (exact) mass is 313 g/mol. The first kappa shape index (κ1) is 14.6. The number of nitrogens with zero attached hydrogens (tertiary/aromatic N) is 3. The molecular formula is C17H16ClN3O. The van der Waals surface area contributed by atoms with Gasteiger partial charge in [-0.1, -0.05) is 41.9 Å². The molecule has 0 radical (unpaired) electrons. The van der Waals surface area contributed by atoms with Gasteiger partial charge in [-0.05, 0) is 30.2 Å². The summed E-state index contributed by atoms with van der Waals surface area (Å²) >= 11 is 5.93. The van der Waals surface area contributed by atoms with Gasteiger partial charge in [0.15, 0.2) is 5.69 Å². The normalized spacial score (nSPS) is 10.8. The molecule has 0 atom stereocenters. The first-order valence-corrected chi connectivity index (χ1v) is 7.45. The molecule has 22 heavy (non-hydrogen) atoms. The standard InChI is InChI=1S/C17H16ClN3O/c1-20(10-9-13-5-3-2-4-6-13)17(22)16-11-15-8-7-14(18)12-21(15)19-16/h2-8,11-12H,9-10H2,1H3. The van der Waals surface area contributed by atoms with Gasteiger partial charge in [-0.15, -0.1) is 0 Å². The van der Waals surface area contributed by atoms with Gasteiger partial charge in [0.05, 0.1) is 10.5 Å². The predicted octanol–water partition coefficient (Wildman–Crippen LogP) is 3.30. The lowest BCUT2D eigenvalue weighted by Crippen LogP contribution is -2.29. The highest BCUT2D eigenvalue weighted by molar-refractivity contribution is 6.30. The molecule has 1 aromatic carbocycles. The average molecular weight is 314 g/mol. The van der Waals surface area contributed by atoms with E-state index in [2.05, 4.69) is 17.2 Å². The third-order valence-corrected chi connectivity index (χ3v) is 3.79. The van der Waals surface area contributed by atoms with Crippen molar-refractivity contribution < 1.29 is 4.79 Å². The fourth-order valence-electron chi connectivity index (χ4n) is 2.30. The Hall–Kier alpha value is -2.33. The van der Waals surface area contributed by atoms with Crippen molar-refractivity contribution in [3.63, 3.8) is 0 Å². The van der Waals surface area contributed by atoms with Crippen LogP contribution in [0.5, 0.6) is 0 Å². The van der Waals surface area contributed by atoms with Gasteiger partial charge in [0.25, 0.3) is 5.91 Å². The highest BCUT2D eigenvalue weighted by atomic mass is 35.5. The van der Waals surface area contributed by atoms with E-state index in [9.17, 15) is 4.79 Å². The van der Waals surface area contributed by atoms with Crippen LogP contribution in [-0.4, -0.2) is 34.0 Å². The Morgan fingerprint density at radius 3 is 2.77 bits per heavy atom. The average Bonchev–Trinajstić information content (AvgIpc) is 2.95. The highest BCUT2D eigenvalue weighted by Gasteiger charge is 2.15. The topological polar surface area (TPSA) is 37.6 Å². The Labute approximate surface area is 133 Å². The molecule has 2 heterocycles. The Balaban J connectivity index is 1.71. The molecule has 0 saturated heterocycles. The number of hydrogen-bond acceptors (Lipinski definition) is 2. The highest BCUT2D eigenvalue weighted by Crippen LogP contribution is 2.13. The summed E-state index contributed by atoms with van der Waals surface area (Å²) in [4.78, 5) is 14.1. The zero-order valence-corrected chi connectivity index (χ0v) is 13.0. The summed E-state index contributed by atoms with van der Waals surface area (Å²) in [5.74, 6) is -0.0873. The number of likely N-dealkylation sites (N-methyl/N-ethyl adjacent to an activating group) is 1. The van der Waals surface area contributed by atoms with Gasteiger partial charge in [-0.2, -0.15) is 5.10 Å². The summed E-state index contributed by atoms with van der Waals surface area (Å²) in [5, 5.41) is 4.88. The van der Waals surface area contributed by atoms with Gasteiger partial charge in [-0.3, -0.25) is 4.79 Å². The molecule has 0 aliphatic heterocycles. The summed E-state index contributed by atoms with van der Waals surface area (Å²) in [6, 6.07) is 15.5. The van der Waals surface area contributed by atoms with Crippen LogP contribution in [0.4, 0.5) is 0 Å². The van der Waals surface area contributed by atoms with Crippen molar-refractivity contribution in [1.29, 1.82) is 0 Å². The molecule has 0 bridgehead atoms. The number of benzene rings is 1. The van der Waals surface area contributed by atoms with Crippen molar-refractivity contribution in [2.45, 2.75) is 6.42 Å². The van der Waals surface area contributed by atoms with Crippen molar-refractivity contribution in [3.8, 4) is 0 Å². The van der Waals surface area contributed by atoms with Crippen LogP contribution in [0.25, 0.3) is 5.52 Å². The van der Waals surface area contributed by atoms with E-state index in [4.69, 9.17) is 11.6 Å². The molecule has 0 N–H and O–H groups in total.